The molecule has 0 radical (unpaired) electrons. The van der Waals surface area contributed by atoms with Crippen LogP contribution in [0, 0.1) is 6.92 Å². The van der Waals surface area contributed by atoms with Crippen LogP contribution in [0.5, 0.6) is 0 Å². The molecule has 1 aliphatic heterocycles. The fourth-order valence-electron chi connectivity index (χ4n) is 1.93. The van der Waals surface area contributed by atoms with Gasteiger partial charge in [0.25, 0.3) is 0 Å². The van der Waals surface area contributed by atoms with E-state index in [0.717, 1.165) is 11.1 Å². The van der Waals surface area contributed by atoms with Crippen molar-refractivity contribution in [2.75, 3.05) is 5.75 Å². The Hall–Kier alpha value is -1.49. The number of hydrogen-bond acceptors (Lipinski definition) is 3. The summed E-state index contributed by atoms with van der Waals surface area (Å²) in [7, 11) is 0. The molecule has 5 heteroatoms. The van der Waals surface area contributed by atoms with Gasteiger partial charge in [0.2, 0.25) is 5.91 Å². The SMILES string of the molecule is Cc1cccc(C[C@H]2SC[C@@H](C(=O)O)NC2=O)c1. The molecule has 2 N–H and O–H groups in total. The molecular weight excluding hydrogens is 250 g/mol. The number of rotatable bonds is 3. The highest BCUT2D eigenvalue weighted by Crippen LogP contribution is 2.22. The van der Waals surface area contributed by atoms with E-state index >= 15 is 0 Å². The lowest BCUT2D eigenvalue weighted by Gasteiger charge is -2.26. The van der Waals surface area contributed by atoms with Crippen molar-refractivity contribution in [1.29, 1.82) is 0 Å². The Balaban J connectivity index is 1.99. The van der Waals surface area contributed by atoms with Gasteiger partial charge in [-0.2, -0.15) is 0 Å². The van der Waals surface area contributed by atoms with E-state index < -0.39 is 12.0 Å². The molecule has 1 aromatic carbocycles. The third-order valence-corrected chi connectivity index (χ3v) is 4.18. The largest absolute Gasteiger partial charge is 0.480 e. The summed E-state index contributed by atoms with van der Waals surface area (Å²) in [4.78, 5) is 22.6. The monoisotopic (exact) mass is 265 g/mol. The first-order chi connectivity index (χ1) is 8.56. The van der Waals surface area contributed by atoms with Crippen molar-refractivity contribution in [2.24, 2.45) is 0 Å². The van der Waals surface area contributed by atoms with E-state index in [9.17, 15) is 9.59 Å². The average molecular weight is 265 g/mol. The van der Waals surface area contributed by atoms with E-state index in [1.807, 2.05) is 25.1 Å². The molecule has 4 nitrogen and oxygen atoms in total. The van der Waals surface area contributed by atoms with E-state index in [1.54, 1.807) is 0 Å². The summed E-state index contributed by atoms with van der Waals surface area (Å²) >= 11 is 1.42. The molecule has 0 aliphatic carbocycles. The minimum Gasteiger partial charge on any atom is -0.480 e. The number of amides is 1. The first kappa shape index (κ1) is 13.0. The van der Waals surface area contributed by atoms with Gasteiger partial charge in [0.15, 0.2) is 0 Å². The van der Waals surface area contributed by atoms with Crippen molar-refractivity contribution >= 4 is 23.6 Å². The van der Waals surface area contributed by atoms with Gasteiger partial charge in [0.1, 0.15) is 6.04 Å². The Morgan fingerprint density at radius 3 is 2.94 bits per heavy atom. The number of carbonyl (C=O) groups excluding carboxylic acids is 1. The van der Waals surface area contributed by atoms with Crippen LogP contribution in [-0.2, 0) is 16.0 Å². The smallest absolute Gasteiger partial charge is 0.327 e. The zero-order valence-corrected chi connectivity index (χ0v) is 10.9. The van der Waals surface area contributed by atoms with Crippen LogP contribution in [0.3, 0.4) is 0 Å². The maximum absolute atomic E-state index is 11.8. The summed E-state index contributed by atoms with van der Waals surface area (Å²) in [5.74, 6) is -0.720. The Labute approximate surface area is 110 Å². The van der Waals surface area contributed by atoms with Crippen LogP contribution in [0.1, 0.15) is 11.1 Å². The van der Waals surface area contributed by atoms with Gasteiger partial charge in [0, 0.05) is 5.75 Å². The zero-order valence-electron chi connectivity index (χ0n) is 10.1. The molecule has 2 atom stereocenters. The Morgan fingerprint density at radius 2 is 2.33 bits per heavy atom. The van der Waals surface area contributed by atoms with Crippen molar-refractivity contribution in [2.45, 2.75) is 24.6 Å². The number of carboxylic acid groups (broad SMARTS) is 1. The number of benzene rings is 1. The van der Waals surface area contributed by atoms with Gasteiger partial charge in [-0.05, 0) is 18.9 Å². The van der Waals surface area contributed by atoms with Crippen molar-refractivity contribution in [3.8, 4) is 0 Å². The van der Waals surface area contributed by atoms with E-state index in [4.69, 9.17) is 5.11 Å². The predicted molar refractivity (Wildman–Crippen MR) is 70.7 cm³/mol. The normalized spacial score (nSPS) is 23.5. The fourth-order valence-corrected chi connectivity index (χ4v) is 3.11. The van der Waals surface area contributed by atoms with Crippen molar-refractivity contribution in [1.82, 2.24) is 5.32 Å². The molecule has 18 heavy (non-hydrogen) atoms. The molecule has 1 saturated heterocycles. The minimum atomic E-state index is -0.968. The summed E-state index contributed by atoms with van der Waals surface area (Å²) in [5.41, 5.74) is 2.27. The molecule has 96 valence electrons. The Bertz CT molecular complexity index is 475. The average Bonchev–Trinajstić information content (AvgIpc) is 2.31. The van der Waals surface area contributed by atoms with Crippen LogP contribution < -0.4 is 5.32 Å². The summed E-state index contributed by atoms with van der Waals surface area (Å²) in [6.45, 7) is 2.01. The van der Waals surface area contributed by atoms with Crippen LogP contribution >= 0.6 is 11.8 Å². The van der Waals surface area contributed by atoms with E-state index in [0.29, 0.717) is 12.2 Å². The lowest BCUT2D eigenvalue weighted by molar-refractivity contribution is -0.141. The number of hydrogen-bond donors (Lipinski definition) is 2. The second-order valence-electron chi connectivity index (χ2n) is 4.41. The van der Waals surface area contributed by atoms with Gasteiger partial charge in [-0.3, -0.25) is 4.79 Å². The molecule has 1 heterocycles. The number of carbonyl (C=O) groups is 2. The lowest BCUT2D eigenvalue weighted by atomic mass is 10.1. The van der Waals surface area contributed by atoms with Gasteiger partial charge in [-0.1, -0.05) is 29.8 Å². The van der Waals surface area contributed by atoms with Gasteiger partial charge in [-0.15, -0.1) is 11.8 Å². The number of carboxylic acids is 1. The van der Waals surface area contributed by atoms with Gasteiger partial charge < -0.3 is 10.4 Å². The number of nitrogens with one attached hydrogen (secondary N) is 1. The van der Waals surface area contributed by atoms with Crippen molar-refractivity contribution < 1.29 is 14.7 Å². The first-order valence-corrected chi connectivity index (χ1v) is 6.81. The van der Waals surface area contributed by atoms with Crippen LogP contribution in [0.2, 0.25) is 0 Å². The molecule has 0 spiro atoms. The summed E-state index contributed by atoms with van der Waals surface area (Å²) < 4.78 is 0. The molecule has 2 rings (SSSR count). The highest BCUT2D eigenvalue weighted by Gasteiger charge is 2.32. The van der Waals surface area contributed by atoms with Crippen molar-refractivity contribution in [3.63, 3.8) is 0 Å². The highest BCUT2D eigenvalue weighted by molar-refractivity contribution is 8.00. The number of aryl methyl sites for hydroxylation is 1. The third-order valence-electron chi connectivity index (χ3n) is 2.87. The summed E-state index contributed by atoms with van der Waals surface area (Å²) in [5, 5.41) is 11.2. The van der Waals surface area contributed by atoms with Gasteiger partial charge in [0.05, 0.1) is 5.25 Å². The summed E-state index contributed by atoms with van der Waals surface area (Å²) in [6.07, 6.45) is 0.643. The molecule has 0 saturated carbocycles. The second-order valence-corrected chi connectivity index (χ2v) is 5.65. The molecule has 1 aromatic rings. The minimum absolute atomic E-state index is 0.180. The van der Waals surface area contributed by atoms with Gasteiger partial charge >= 0.3 is 5.97 Å². The molecular formula is C13H15NO3S. The van der Waals surface area contributed by atoms with Gasteiger partial charge in [-0.25, -0.2) is 4.79 Å². The first-order valence-electron chi connectivity index (χ1n) is 5.76. The molecule has 1 fully saturated rings. The lowest BCUT2D eigenvalue weighted by Crippen LogP contribution is -2.51. The molecule has 0 unspecified atom stereocenters. The molecule has 1 amide bonds. The van der Waals surface area contributed by atoms with E-state index in [2.05, 4.69) is 11.4 Å². The Kier molecular flexibility index (Phi) is 3.91. The van der Waals surface area contributed by atoms with Crippen LogP contribution in [0.15, 0.2) is 24.3 Å². The quantitative estimate of drug-likeness (QED) is 0.862. The maximum Gasteiger partial charge on any atom is 0.327 e. The van der Waals surface area contributed by atoms with Crippen LogP contribution in [-0.4, -0.2) is 34.0 Å². The van der Waals surface area contributed by atoms with Crippen molar-refractivity contribution in [3.05, 3.63) is 35.4 Å². The molecule has 0 aromatic heterocycles. The number of aliphatic carboxylic acids is 1. The standard InChI is InChI=1S/C13H15NO3S/c1-8-3-2-4-9(5-8)6-11-12(15)14-10(7-18-11)13(16)17/h2-5,10-11H,6-7H2,1H3,(H,14,15)(H,16,17)/t10-,11+/m0/s1. The third kappa shape index (κ3) is 3.04. The zero-order chi connectivity index (χ0) is 13.1. The Morgan fingerprint density at radius 1 is 1.56 bits per heavy atom. The second kappa shape index (κ2) is 5.44. The van der Waals surface area contributed by atoms with Crippen LogP contribution in [0.25, 0.3) is 0 Å². The fraction of sp³-hybridized carbons (Fsp3) is 0.385. The number of thioether (sulfide) groups is 1. The highest BCUT2D eigenvalue weighted by atomic mass is 32.2. The topological polar surface area (TPSA) is 66.4 Å². The molecule has 1 aliphatic rings. The van der Waals surface area contributed by atoms with E-state index in [1.165, 1.54) is 11.8 Å². The van der Waals surface area contributed by atoms with E-state index in [-0.39, 0.29) is 11.2 Å². The van der Waals surface area contributed by atoms with Crippen LogP contribution in [0.4, 0.5) is 0 Å². The summed E-state index contributed by atoms with van der Waals surface area (Å²) in [6, 6.07) is 7.27. The maximum atomic E-state index is 11.8. The predicted octanol–water partition coefficient (Wildman–Crippen LogP) is 1.22. The molecule has 0 bridgehead atoms.